The molecule has 0 saturated carbocycles. The zero-order valence-corrected chi connectivity index (χ0v) is 23.9. The van der Waals surface area contributed by atoms with Crippen LogP contribution < -0.4 is 4.90 Å². The lowest BCUT2D eigenvalue weighted by molar-refractivity contribution is -0.137. The molecule has 2 aliphatic rings. The van der Waals surface area contributed by atoms with Crippen molar-refractivity contribution >= 4 is 28.8 Å². The van der Waals surface area contributed by atoms with Gasteiger partial charge >= 0.3 is 5.97 Å². The van der Waals surface area contributed by atoms with Gasteiger partial charge in [-0.1, -0.05) is 25.1 Å². The monoisotopic (exact) mass is 558 g/mol. The highest BCUT2D eigenvalue weighted by Crippen LogP contribution is 2.37. The van der Waals surface area contributed by atoms with E-state index >= 15 is 0 Å². The predicted octanol–water partition coefficient (Wildman–Crippen LogP) is 4.42. The van der Waals surface area contributed by atoms with Crippen LogP contribution in [0.25, 0.3) is 5.65 Å². The fraction of sp³-hybridized carbons (Fsp3) is 0.400. The van der Waals surface area contributed by atoms with E-state index in [9.17, 15) is 14.5 Å². The number of hydrogen-bond donors (Lipinski definition) is 1. The van der Waals surface area contributed by atoms with Gasteiger partial charge in [-0.3, -0.25) is 9.20 Å². The maximum atomic E-state index is 13.8. The number of fused-ring (bicyclic) bond motifs is 4. The second kappa shape index (κ2) is 10.8. The quantitative estimate of drug-likeness (QED) is 0.332. The van der Waals surface area contributed by atoms with Crippen LogP contribution in [0.4, 0.5) is 5.82 Å². The van der Waals surface area contributed by atoms with Gasteiger partial charge in [0.2, 0.25) is 4.90 Å². The van der Waals surface area contributed by atoms with Crippen molar-refractivity contribution in [3.63, 3.8) is 0 Å². The summed E-state index contributed by atoms with van der Waals surface area (Å²) < 4.78 is 17.9. The normalized spacial score (nSPS) is 19.9. The molecular formula is C30H34N6O3S. The number of carboxylic acid groups (broad SMARTS) is 1. The van der Waals surface area contributed by atoms with Crippen LogP contribution in [0.2, 0.25) is 0 Å². The number of pyridine rings is 2. The summed E-state index contributed by atoms with van der Waals surface area (Å²) in [5, 5.41) is 18.6. The first-order valence-electron chi connectivity index (χ1n) is 13.9. The number of aryl methyl sites for hydroxylation is 3. The van der Waals surface area contributed by atoms with Gasteiger partial charge in [0, 0.05) is 43.4 Å². The average Bonchev–Trinajstić information content (AvgIpc) is 3.57. The molecule has 4 aromatic rings. The minimum Gasteiger partial charge on any atom is -0.593 e. The number of carboxylic acids is 1. The van der Waals surface area contributed by atoms with E-state index in [1.165, 1.54) is 0 Å². The first-order valence-corrected chi connectivity index (χ1v) is 15.0. The van der Waals surface area contributed by atoms with Crippen molar-refractivity contribution in [3.8, 4) is 0 Å². The van der Waals surface area contributed by atoms with E-state index in [1.54, 1.807) is 6.20 Å². The third-order valence-electron chi connectivity index (χ3n) is 8.37. The van der Waals surface area contributed by atoms with Gasteiger partial charge in [0.05, 0.1) is 30.9 Å². The first-order chi connectivity index (χ1) is 19.4. The molecule has 0 bridgehead atoms. The van der Waals surface area contributed by atoms with Crippen molar-refractivity contribution in [2.24, 2.45) is 0 Å². The Bertz CT molecular complexity index is 1570. The van der Waals surface area contributed by atoms with E-state index in [0.29, 0.717) is 13.1 Å². The maximum absolute atomic E-state index is 13.8. The van der Waals surface area contributed by atoms with E-state index < -0.39 is 17.3 Å². The standard InChI is InChI=1S/C30H34N6O3S/c1-4-27-32-33-29-20(3)24(11-14-36(27)29)25(16-28(37)38)21-10-9-19(2)22(15-21)17-34-18-23-7-6-13-35(23)30-26(40(34)39)8-5-12-31-30/h5,8-12,14-15,23,25H,4,6-7,13,16-18H2,1-3H3,(H,37,38). The van der Waals surface area contributed by atoms with E-state index in [1.807, 2.05) is 48.7 Å². The van der Waals surface area contributed by atoms with Crippen LogP contribution in [0.3, 0.4) is 0 Å². The van der Waals surface area contributed by atoms with Gasteiger partial charge < -0.3 is 14.6 Å². The molecule has 0 amide bonds. The molecule has 1 N–H and O–H groups in total. The third-order valence-corrected chi connectivity index (χ3v) is 9.81. The number of aliphatic carboxylic acids is 1. The summed E-state index contributed by atoms with van der Waals surface area (Å²) in [4.78, 5) is 19.7. The van der Waals surface area contributed by atoms with Gasteiger partial charge in [-0.15, -0.1) is 14.5 Å². The Balaban J connectivity index is 1.36. The zero-order valence-electron chi connectivity index (χ0n) is 23.1. The highest BCUT2D eigenvalue weighted by molar-refractivity contribution is 7.89. The molecule has 6 rings (SSSR count). The second-order valence-corrected chi connectivity index (χ2v) is 12.2. The van der Waals surface area contributed by atoms with Gasteiger partial charge in [-0.2, -0.15) is 0 Å². The molecule has 0 aliphatic carbocycles. The van der Waals surface area contributed by atoms with Crippen LogP contribution in [0.1, 0.15) is 65.7 Å². The molecule has 3 atom stereocenters. The lowest BCUT2D eigenvalue weighted by Crippen LogP contribution is -2.39. The number of benzene rings is 1. The Hall–Kier alpha value is -3.47. The van der Waals surface area contributed by atoms with Crippen LogP contribution >= 0.6 is 0 Å². The SMILES string of the molecule is CCc1nnc2c(C)c(C(CC(=O)O)c3ccc(C)c(CN4CC5CCCN5c5ncccc5[S+]4[O-])c3)ccn12. The van der Waals surface area contributed by atoms with Gasteiger partial charge in [0.25, 0.3) is 0 Å². The summed E-state index contributed by atoms with van der Waals surface area (Å²) in [6, 6.07) is 12.2. The Kier molecular flexibility index (Phi) is 7.24. The molecule has 1 aromatic carbocycles. The van der Waals surface area contributed by atoms with Crippen molar-refractivity contribution in [2.75, 3.05) is 18.0 Å². The minimum atomic E-state index is -1.35. The van der Waals surface area contributed by atoms with Gasteiger partial charge in [-0.25, -0.2) is 4.98 Å². The molecule has 1 saturated heterocycles. The van der Waals surface area contributed by atoms with E-state index in [-0.39, 0.29) is 18.4 Å². The zero-order chi connectivity index (χ0) is 28.0. The highest BCUT2D eigenvalue weighted by atomic mass is 32.2. The summed E-state index contributed by atoms with van der Waals surface area (Å²) in [6.45, 7) is 8.21. The smallest absolute Gasteiger partial charge is 0.304 e. The van der Waals surface area contributed by atoms with Crippen molar-refractivity contribution in [1.29, 1.82) is 0 Å². The molecular weight excluding hydrogens is 524 g/mol. The largest absolute Gasteiger partial charge is 0.593 e. The van der Waals surface area contributed by atoms with Crippen LogP contribution in [0.5, 0.6) is 0 Å². The topological polar surface area (TPSA) is 110 Å². The average molecular weight is 559 g/mol. The molecule has 10 heteroatoms. The van der Waals surface area contributed by atoms with E-state index in [2.05, 4.69) is 43.4 Å². The number of aromatic nitrogens is 4. The molecule has 3 aromatic heterocycles. The number of rotatable bonds is 7. The number of nitrogens with zero attached hydrogens (tertiary/aromatic N) is 6. The first kappa shape index (κ1) is 26.7. The molecule has 0 radical (unpaired) electrons. The Morgan fingerprint density at radius 1 is 1.23 bits per heavy atom. The molecule has 5 heterocycles. The van der Waals surface area contributed by atoms with Gasteiger partial charge in [0.15, 0.2) is 11.5 Å². The summed E-state index contributed by atoms with van der Waals surface area (Å²) in [6.07, 6.45) is 6.59. The van der Waals surface area contributed by atoms with Crippen LogP contribution in [0.15, 0.2) is 53.7 Å². The summed E-state index contributed by atoms with van der Waals surface area (Å²) >= 11 is -1.35. The minimum absolute atomic E-state index is 0.0417. The third kappa shape index (κ3) is 4.74. The summed E-state index contributed by atoms with van der Waals surface area (Å²) in [5.74, 6) is 0.498. The van der Waals surface area contributed by atoms with Crippen molar-refractivity contribution in [1.82, 2.24) is 23.9 Å². The van der Waals surface area contributed by atoms with Gasteiger partial charge in [-0.05, 0) is 66.6 Å². The number of hydrogen-bond acceptors (Lipinski definition) is 7. The lowest BCUT2D eigenvalue weighted by Gasteiger charge is -2.26. The number of carbonyl (C=O) groups is 1. The Morgan fingerprint density at radius 2 is 2.08 bits per heavy atom. The molecule has 1 fully saturated rings. The van der Waals surface area contributed by atoms with Crippen molar-refractivity contribution in [2.45, 2.75) is 69.9 Å². The Morgan fingerprint density at radius 3 is 2.88 bits per heavy atom. The number of anilines is 1. The van der Waals surface area contributed by atoms with Crippen LogP contribution in [-0.2, 0) is 29.1 Å². The maximum Gasteiger partial charge on any atom is 0.304 e. The van der Waals surface area contributed by atoms with Crippen LogP contribution in [-0.4, -0.2) is 58.6 Å². The highest BCUT2D eigenvalue weighted by Gasteiger charge is 2.40. The molecule has 9 nitrogen and oxygen atoms in total. The van der Waals surface area contributed by atoms with Crippen molar-refractivity contribution < 1.29 is 14.5 Å². The van der Waals surface area contributed by atoms with E-state index in [0.717, 1.165) is 75.8 Å². The fourth-order valence-corrected chi connectivity index (χ4v) is 7.58. The van der Waals surface area contributed by atoms with Gasteiger partial charge in [0.1, 0.15) is 5.82 Å². The summed E-state index contributed by atoms with van der Waals surface area (Å²) in [7, 11) is 0. The fourth-order valence-electron chi connectivity index (χ4n) is 6.22. The summed E-state index contributed by atoms with van der Waals surface area (Å²) in [5.41, 5.74) is 5.68. The molecule has 2 aliphatic heterocycles. The Labute approximate surface area is 237 Å². The second-order valence-electron chi connectivity index (χ2n) is 10.8. The lowest BCUT2D eigenvalue weighted by atomic mass is 9.85. The molecule has 0 spiro atoms. The predicted molar refractivity (Wildman–Crippen MR) is 154 cm³/mol. The molecule has 40 heavy (non-hydrogen) atoms. The van der Waals surface area contributed by atoms with Crippen LogP contribution in [0, 0.1) is 13.8 Å². The molecule has 3 unspecified atom stereocenters. The molecule has 208 valence electrons. The van der Waals surface area contributed by atoms with E-state index in [4.69, 9.17) is 0 Å². The van der Waals surface area contributed by atoms with Crippen molar-refractivity contribution in [3.05, 3.63) is 82.4 Å².